The van der Waals surface area contributed by atoms with Crippen LogP contribution >= 0.6 is 0 Å². The zero-order chi connectivity index (χ0) is 51.0. The molecule has 0 amide bonds. The molecule has 76 heavy (non-hydrogen) atoms. The predicted octanol–water partition coefficient (Wildman–Crippen LogP) is 14.2. The van der Waals surface area contributed by atoms with Crippen LogP contribution in [0.5, 0.6) is 0 Å². The first-order chi connectivity index (χ1) is 35.9. The second-order valence-electron chi connectivity index (χ2n) is 18.4. The third-order valence-electron chi connectivity index (χ3n) is 13.7. The molecule has 0 bridgehead atoms. The summed E-state index contributed by atoms with van der Waals surface area (Å²) in [5, 5.41) is 0. The molecule has 0 saturated heterocycles. The Morgan fingerprint density at radius 2 is 0.974 bits per heavy atom. The Balaban J connectivity index is 0.000000124. The summed E-state index contributed by atoms with van der Waals surface area (Å²) in [6, 6.07) is 55.6. The van der Waals surface area contributed by atoms with Crippen molar-refractivity contribution in [3.8, 4) is 0 Å². The van der Waals surface area contributed by atoms with Gasteiger partial charge in [0, 0.05) is 125 Å². The molecule has 0 spiro atoms. The molecule has 390 valence electrons. The summed E-state index contributed by atoms with van der Waals surface area (Å²) in [4.78, 5) is 16.7. The molecule has 8 aromatic carbocycles. The van der Waals surface area contributed by atoms with Gasteiger partial charge < -0.3 is 39.2 Å². The largest absolute Gasteiger partial charge is 0.500 e. The Hall–Kier alpha value is -7.41. The van der Waals surface area contributed by atoms with Crippen molar-refractivity contribution in [1.82, 2.24) is 4.90 Å². The van der Waals surface area contributed by atoms with E-state index in [2.05, 4.69) is 107 Å². The van der Waals surface area contributed by atoms with E-state index in [0.29, 0.717) is 12.3 Å². The molecular formula is C61H49F5Ir2N8-4. The van der Waals surface area contributed by atoms with E-state index in [-0.39, 0.29) is 69.3 Å². The number of hydrogen-bond acceptors (Lipinski definition) is 8. The normalized spacial score (nSPS) is 16.5. The van der Waals surface area contributed by atoms with Gasteiger partial charge in [0.15, 0.2) is 0 Å². The minimum Gasteiger partial charge on any atom is -0.500 e. The molecule has 0 N–H and O–H groups in total. The molecule has 15 heteroatoms. The van der Waals surface area contributed by atoms with Crippen LogP contribution in [-0.2, 0) is 53.1 Å². The predicted molar refractivity (Wildman–Crippen MR) is 286 cm³/mol. The van der Waals surface area contributed by atoms with Crippen LogP contribution < -0.4 is 34.3 Å². The molecule has 0 aliphatic carbocycles. The Bertz CT molecular complexity index is 3240. The third kappa shape index (κ3) is 10.8. The fourth-order valence-electron chi connectivity index (χ4n) is 9.93. The molecule has 6 heterocycles. The SMILES string of the molecule is CN1C=CN2c3ccc(F)cc3CC12.CN1c2ccccc2N2c3ccc(F)cc3CC12.Cc1ccc(N2C=CN(c3[c-]cc(F)cc3)[CH-]2)cc1.Fc1c[c-]c(N2[CH-]N(c3ccc(F)cc3)c3ccccc32)cc1.[Ir].[Ir]. The number of rotatable bonds is 4. The summed E-state index contributed by atoms with van der Waals surface area (Å²) in [6.07, 6.45) is 10.4. The van der Waals surface area contributed by atoms with Gasteiger partial charge in [0.25, 0.3) is 0 Å². The van der Waals surface area contributed by atoms with Crippen molar-refractivity contribution in [3.63, 3.8) is 0 Å². The van der Waals surface area contributed by atoms with Gasteiger partial charge in [-0.1, -0.05) is 42.0 Å². The zero-order valence-electron chi connectivity index (χ0n) is 41.3. The first-order valence-corrected chi connectivity index (χ1v) is 24.1. The van der Waals surface area contributed by atoms with Gasteiger partial charge in [0.05, 0.1) is 11.4 Å². The molecule has 8 aromatic rings. The fourth-order valence-corrected chi connectivity index (χ4v) is 9.93. The van der Waals surface area contributed by atoms with Crippen LogP contribution in [0.4, 0.5) is 78.8 Å². The molecular weight excluding hydrogens is 1320 g/mol. The molecule has 2 unspecified atom stereocenters. The number of likely N-dealkylation sites (N-methyl/N-ethyl adjacent to an activating group) is 2. The van der Waals surface area contributed by atoms with Crippen molar-refractivity contribution in [3.05, 3.63) is 266 Å². The van der Waals surface area contributed by atoms with E-state index < -0.39 is 0 Å². The van der Waals surface area contributed by atoms with Crippen LogP contribution in [0, 0.1) is 61.5 Å². The second kappa shape index (κ2) is 22.8. The molecule has 0 fully saturated rings. The second-order valence-corrected chi connectivity index (χ2v) is 18.4. The number of hydrogen-bond donors (Lipinski definition) is 0. The number of nitrogens with zero attached hydrogens (tertiary/aromatic N) is 8. The Labute approximate surface area is 467 Å². The molecule has 0 aromatic heterocycles. The average Bonchev–Trinajstić information content (AvgIpc) is 4.36. The number of anilines is 10. The topological polar surface area (TPSA) is 25.9 Å². The number of halogens is 5. The van der Waals surface area contributed by atoms with Gasteiger partial charge in [-0.15, -0.1) is 61.1 Å². The standard InChI is InChI=1S/C19H12F2N2.C16H13FN2.C15H13FN2.C11H11FN2.2Ir/c20-14-5-9-16(10-6-14)22-13-23(17-11-7-15(21)8-12-17)19-4-2-1-3-18(19)22;1-13-2-6-15(7-3-13)18-10-11-19(12-18)16-8-4-14(17)5-9-16;1-17-13-4-2-3-5-14(13)18-12-7-6-11(16)8-10(12)9-15(17)18;1-13-4-5-14-10-3-2-9(12)6-8(10)7-11(13)14;;/h1-11,13H;2-8,10-12H,1H3;2-8,15H,9H2,1H3;2-6,11H,7H2,1H3;;/q2*-2;;;;. The molecule has 2 atom stereocenters. The Kier molecular flexibility index (Phi) is 16.0. The van der Waals surface area contributed by atoms with Crippen LogP contribution in [-0.4, -0.2) is 31.3 Å². The van der Waals surface area contributed by atoms with Gasteiger partial charge in [-0.3, -0.25) is 8.78 Å². The molecule has 0 saturated carbocycles. The summed E-state index contributed by atoms with van der Waals surface area (Å²) >= 11 is 0. The van der Waals surface area contributed by atoms with Gasteiger partial charge in [0.1, 0.15) is 29.8 Å². The first kappa shape index (κ1) is 53.4. The zero-order valence-corrected chi connectivity index (χ0v) is 46.1. The van der Waals surface area contributed by atoms with E-state index in [1.807, 2.05) is 88.8 Å². The van der Waals surface area contributed by atoms with E-state index in [1.165, 1.54) is 59.4 Å². The van der Waals surface area contributed by atoms with Crippen LogP contribution in [0.1, 0.15) is 16.7 Å². The van der Waals surface area contributed by atoms with Crippen molar-refractivity contribution >= 4 is 56.9 Å². The van der Waals surface area contributed by atoms with Crippen molar-refractivity contribution in [2.24, 2.45) is 0 Å². The maximum Gasteiger partial charge on any atom is 0.123 e. The van der Waals surface area contributed by atoms with Crippen LogP contribution in [0.2, 0.25) is 0 Å². The van der Waals surface area contributed by atoms with E-state index in [9.17, 15) is 22.0 Å². The Morgan fingerprint density at radius 3 is 1.62 bits per heavy atom. The van der Waals surface area contributed by atoms with Gasteiger partial charge in [-0.25, -0.2) is 13.2 Å². The average molecular weight is 1370 g/mol. The number of para-hydroxylation sites is 4. The number of aryl methyl sites for hydroxylation is 1. The van der Waals surface area contributed by atoms with Gasteiger partial charge in [0.2, 0.25) is 0 Å². The molecule has 14 rings (SSSR count). The maximum absolute atomic E-state index is 13.3. The van der Waals surface area contributed by atoms with E-state index >= 15 is 0 Å². The van der Waals surface area contributed by atoms with Gasteiger partial charge >= 0.3 is 0 Å². The molecule has 6 aliphatic rings. The quantitative estimate of drug-likeness (QED) is 0.127. The third-order valence-corrected chi connectivity index (χ3v) is 13.7. The summed E-state index contributed by atoms with van der Waals surface area (Å²) < 4.78 is 65.5. The molecule has 8 nitrogen and oxygen atoms in total. The van der Waals surface area contributed by atoms with E-state index in [1.54, 1.807) is 42.5 Å². The summed E-state index contributed by atoms with van der Waals surface area (Å²) in [5.74, 6) is -1.16. The summed E-state index contributed by atoms with van der Waals surface area (Å²) in [6.45, 7) is 5.89. The number of benzene rings is 8. The van der Waals surface area contributed by atoms with Crippen LogP contribution in [0.15, 0.2) is 195 Å². The summed E-state index contributed by atoms with van der Waals surface area (Å²) in [7, 11) is 4.15. The minimum absolute atomic E-state index is 0. The van der Waals surface area contributed by atoms with Crippen molar-refractivity contribution in [2.75, 3.05) is 48.4 Å². The maximum atomic E-state index is 13.3. The van der Waals surface area contributed by atoms with Crippen LogP contribution in [0.25, 0.3) is 0 Å². The van der Waals surface area contributed by atoms with Crippen molar-refractivity contribution in [2.45, 2.75) is 32.1 Å². The van der Waals surface area contributed by atoms with Crippen molar-refractivity contribution < 1.29 is 62.2 Å². The minimum atomic E-state index is -0.323. The van der Waals surface area contributed by atoms with E-state index in [0.717, 1.165) is 69.5 Å². The summed E-state index contributed by atoms with van der Waals surface area (Å²) in [5.41, 5.74) is 13.6. The smallest absolute Gasteiger partial charge is 0.123 e. The molecule has 6 aliphatic heterocycles. The molecule has 2 radical (unpaired) electrons. The monoisotopic (exact) mass is 1370 g/mol. The Morgan fingerprint density at radius 1 is 0.447 bits per heavy atom. The van der Waals surface area contributed by atoms with Crippen LogP contribution in [0.3, 0.4) is 0 Å². The van der Waals surface area contributed by atoms with Gasteiger partial charge in [-0.05, 0) is 128 Å². The first-order valence-electron chi connectivity index (χ1n) is 24.1. The van der Waals surface area contributed by atoms with Crippen molar-refractivity contribution in [1.29, 1.82) is 0 Å². The number of fused-ring (bicyclic) bond motifs is 9. The van der Waals surface area contributed by atoms with E-state index in [4.69, 9.17) is 0 Å². The fraction of sp³-hybridized carbons (Fsp3) is 0.115. The van der Waals surface area contributed by atoms with Gasteiger partial charge in [-0.2, -0.15) is 12.1 Å².